The number of likely N-dealkylation sites (tertiary alicyclic amines) is 1. The van der Waals surface area contributed by atoms with Gasteiger partial charge in [-0.2, -0.15) is 0 Å². The van der Waals surface area contributed by atoms with Crippen molar-refractivity contribution >= 4 is 23.0 Å². The van der Waals surface area contributed by atoms with E-state index in [2.05, 4.69) is 29.6 Å². The summed E-state index contributed by atoms with van der Waals surface area (Å²) >= 11 is 1.66. The number of benzene rings is 2. The molecule has 1 amide bonds. The molecular weight excluding hydrogens is 458 g/mol. The maximum Gasteiger partial charge on any atom is 0.256 e. The summed E-state index contributed by atoms with van der Waals surface area (Å²) in [5.41, 5.74) is 6.84. The number of carbonyl (C=O) groups is 1. The fourth-order valence-electron chi connectivity index (χ4n) is 4.96. The maximum atomic E-state index is 13.0. The number of aryl methyl sites for hydroxylation is 3. The van der Waals surface area contributed by atoms with Gasteiger partial charge in [-0.1, -0.05) is 53.2 Å². The molecule has 1 aromatic heterocycles. The van der Waals surface area contributed by atoms with E-state index in [1.54, 1.807) is 16.2 Å². The van der Waals surface area contributed by atoms with Gasteiger partial charge in [0.2, 0.25) is 0 Å². The van der Waals surface area contributed by atoms with Crippen LogP contribution in [0.1, 0.15) is 75.9 Å². The molecular formula is C28H31N3O3S. The molecule has 0 bridgehead atoms. The highest BCUT2D eigenvalue weighted by Gasteiger charge is 2.31. The molecule has 2 atom stereocenters. The predicted molar refractivity (Wildman–Crippen MR) is 138 cm³/mol. The van der Waals surface area contributed by atoms with Crippen LogP contribution in [0.3, 0.4) is 0 Å². The summed E-state index contributed by atoms with van der Waals surface area (Å²) < 4.78 is 0. The van der Waals surface area contributed by atoms with Crippen LogP contribution in [0.5, 0.6) is 0 Å². The van der Waals surface area contributed by atoms with Gasteiger partial charge in [-0.3, -0.25) is 4.79 Å². The lowest BCUT2D eigenvalue weighted by atomic mass is 9.95. The van der Waals surface area contributed by atoms with E-state index in [1.165, 1.54) is 11.1 Å². The third-order valence-electron chi connectivity index (χ3n) is 7.14. The first-order valence-corrected chi connectivity index (χ1v) is 13.1. The number of piperidine rings is 1. The third-order valence-corrected chi connectivity index (χ3v) is 8.15. The summed E-state index contributed by atoms with van der Waals surface area (Å²) in [5, 5.41) is 18.2. The summed E-state index contributed by atoms with van der Waals surface area (Å²) in [7, 11) is 0. The van der Waals surface area contributed by atoms with E-state index in [4.69, 9.17) is 9.82 Å². The molecule has 5 rings (SSSR count). The van der Waals surface area contributed by atoms with E-state index in [9.17, 15) is 9.90 Å². The topological polar surface area (TPSA) is 75.0 Å². The molecule has 0 spiro atoms. The lowest BCUT2D eigenvalue weighted by molar-refractivity contribution is -0.141. The van der Waals surface area contributed by atoms with Gasteiger partial charge in [-0.05, 0) is 55.9 Å². The minimum Gasteiger partial charge on any atom is -0.387 e. The van der Waals surface area contributed by atoms with Crippen LogP contribution >= 0.6 is 11.3 Å². The SMILES string of the molecule is Cc1ccc(C)c(C(O)C(=O)N2CCC(c3nc(C4=NOC(c5ccccc5C)C4)cs3)CC2)c1. The molecule has 3 heterocycles. The van der Waals surface area contributed by atoms with Gasteiger partial charge < -0.3 is 14.8 Å². The molecule has 2 aliphatic heterocycles. The highest BCUT2D eigenvalue weighted by Crippen LogP contribution is 2.35. The van der Waals surface area contributed by atoms with Gasteiger partial charge in [0, 0.05) is 30.8 Å². The Labute approximate surface area is 210 Å². The highest BCUT2D eigenvalue weighted by atomic mass is 32.1. The minimum absolute atomic E-state index is 0.0610. The zero-order valence-electron chi connectivity index (χ0n) is 20.4. The summed E-state index contributed by atoms with van der Waals surface area (Å²) in [6.07, 6.45) is 1.23. The quantitative estimate of drug-likeness (QED) is 0.523. The van der Waals surface area contributed by atoms with Crippen LogP contribution in [0.15, 0.2) is 53.0 Å². The molecule has 0 aliphatic carbocycles. The number of aliphatic hydroxyl groups excluding tert-OH is 1. The van der Waals surface area contributed by atoms with Gasteiger partial charge >= 0.3 is 0 Å². The monoisotopic (exact) mass is 489 g/mol. The van der Waals surface area contributed by atoms with Crippen molar-refractivity contribution in [3.05, 3.63) is 86.4 Å². The first-order valence-electron chi connectivity index (χ1n) is 12.2. The Bertz CT molecular complexity index is 1260. The molecule has 2 unspecified atom stereocenters. The van der Waals surface area contributed by atoms with E-state index in [1.807, 2.05) is 44.2 Å². The van der Waals surface area contributed by atoms with E-state index < -0.39 is 6.10 Å². The number of rotatable bonds is 5. The summed E-state index contributed by atoms with van der Waals surface area (Å²) in [6, 6.07) is 14.1. The maximum absolute atomic E-state index is 13.0. The first-order chi connectivity index (χ1) is 16.9. The molecule has 35 heavy (non-hydrogen) atoms. The van der Waals surface area contributed by atoms with Gasteiger partial charge in [0.15, 0.2) is 12.2 Å². The molecule has 2 aliphatic rings. The van der Waals surface area contributed by atoms with E-state index in [-0.39, 0.29) is 12.0 Å². The Hall–Kier alpha value is -3.03. The molecule has 0 saturated carbocycles. The van der Waals surface area contributed by atoms with E-state index in [0.29, 0.717) is 24.6 Å². The Morgan fingerprint density at radius 2 is 1.89 bits per heavy atom. The number of aliphatic hydroxyl groups is 1. The zero-order valence-corrected chi connectivity index (χ0v) is 21.2. The Morgan fingerprint density at radius 3 is 2.66 bits per heavy atom. The van der Waals surface area contributed by atoms with Crippen LogP contribution in [-0.2, 0) is 9.63 Å². The number of hydrogen-bond donors (Lipinski definition) is 1. The molecule has 1 fully saturated rings. The van der Waals surface area contributed by atoms with Crippen molar-refractivity contribution in [2.75, 3.05) is 13.1 Å². The Morgan fingerprint density at radius 1 is 1.11 bits per heavy atom. The number of carbonyl (C=O) groups excluding carboxylic acids is 1. The number of nitrogens with zero attached hydrogens (tertiary/aromatic N) is 3. The normalized spacial score (nSPS) is 19.4. The van der Waals surface area contributed by atoms with Gasteiger partial charge in [0.1, 0.15) is 5.71 Å². The van der Waals surface area contributed by atoms with Gasteiger partial charge in [0.25, 0.3) is 5.91 Å². The predicted octanol–water partition coefficient (Wildman–Crippen LogP) is 5.37. The second kappa shape index (κ2) is 9.91. The fraction of sp³-hybridized carbons (Fsp3) is 0.393. The van der Waals surface area contributed by atoms with E-state index in [0.717, 1.165) is 46.8 Å². The largest absolute Gasteiger partial charge is 0.387 e. The smallest absolute Gasteiger partial charge is 0.256 e. The van der Waals surface area contributed by atoms with Crippen molar-refractivity contribution in [3.63, 3.8) is 0 Å². The van der Waals surface area contributed by atoms with Crippen LogP contribution < -0.4 is 0 Å². The van der Waals surface area contributed by atoms with E-state index >= 15 is 0 Å². The highest BCUT2D eigenvalue weighted by molar-refractivity contribution is 7.10. The number of thiazole rings is 1. The number of hydrogen-bond acceptors (Lipinski definition) is 6. The molecule has 1 saturated heterocycles. The Balaban J connectivity index is 1.19. The number of amides is 1. The molecule has 0 radical (unpaired) electrons. The average molecular weight is 490 g/mol. The van der Waals surface area contributed by atoms with Crippen molar-refractivity contribution in [2.45, 2.75) is 58.2 Å². The average Bonchev–Trinajstić information content (AvgIpc) is 3.55. The molecule has 2 aromatic carbocycles. The zero-order chi connectivity index (χ0) is 24.5. The Kier molecular flexibility index (Phi) is 6.71. The lowest BCUT2D eigenvalue weighted by Crippen LogP contribution is -2.40. The molecule has 3 aromatic rings. The third kappa shape index (κ3) is 4.88. The summed E-state index contributed by atoms with van der Waals surface area (Å²) in [5.74, 6) is 0.0995. The van der Waals surface area contributed by atoms with Crippen LogP contribution in [0.2, 0.25) is 0 Å². The van der Waals surface area contributed by atoms with Gasteiger partial charge in [-0.25, -0.2) is 4.98 Å². The van der Waals surface area contributed by atoms with Crippen LogP contribution in [0.4, 0.5) is 0 Å². The van der Waals surface area contributed by atoms with Crippen LogP contribution in [0.25, 0.3) is 0 Å². The summed E-state index contributed by atoms with van der Waals surface area (Å²) in [6.45, 7) is 7.25. The number of oxime groups is 1. The standard InChI is InChI=1S/C28H31N3O3S/c1-17-8-9-19(3)22(14-17)26(32)28(33)31-12-10-20(11-13-31)27-29-24(16-35-27)23-15-25(34-30-23)21-7-5-4-6-18(21)2/h4-9,14,16,20,25-26,32H,10-13,15H2,1-3H3. The van der Waals surface area contributed by atoms with Crippen molar-refractivity contribution in [1.29, 1.82) is 0 Å². The van der Waals surface area contributed by atoms with Gasteiger partial charge in [-0.15, -0.1) is 11.3 Å². The molecule has 1 N–H and O–H groups in total. The fourth-order valence-corrected chi connectivity index (χ4v) is 5.96. The van der Waals surface area contributed by atoms with Crippen molar-refractivity contribution < 1.29 is 14.7 Å². The number of aromatic nitrogens is 1. The van der Waals surface area contributed by atoms with Crippen LogP contribution in [-0.4, -0.2) is 39.7 Å². The summed E-state index contributed by atoms with van der Waals surface area (Å²) in [4.78, 5) is 25.4. The molecule has 7 heteroatoms. The van der Waals surface area contributed by atoms with Crippen molar-refractivity contribution in [1.82, 2.24) is 9.88 Å². The van der Waals surface area contributed by atoms with Crippen LogP contribution in [0, 0.1) is 20.8 Å². The van der Waals surface area contributed by atoms with Crippen molar-refractivity contribution in [3.8, 4) is 0 Å². The molecule has 182 valence electrons. The molecule has 6 nitrogen and oxygen atoms in total. The lowest BCUT2D eigenvalue weighted by Gasteiger charge is -2.32. The second-order valence-electron chi connectivity index (χ2n) is 9.63. The van der Waals surface area contributed by atoms with Crippen molar-refractivity contribution in [2.24, 2.45) is 5.16 Å². The second-order valence-corrected chi connectivity index (χ2v) is 10.5. The van der Waals surface area contributed by atoms with Gasteiger partial charge in [0.05, 0.1) is 10.7 Å². The first kappa shape index (κ1) is 23.7. The minimum atomic E-state index is -1.11.